The minimum atomic E-state index is -0.503. The maximum Gasteiger partial charge on any atom is 0.306 e. The van der Waals surface area contributed by atoms with Gasteiger partial charge in [-0.15, -0.1) is 0 Å². The number of aromatic hydroxyl groups is 1. The molecule has 2 aromatic rings. The summed E-state index contributed by atoms with van der Waals surface area (Å²) in [4.78, 5) is 23.7. The van der Waals surface area contributed by atoms with Gasteiger partial charge in [0.25, 0.3) is 5.56 Å². The quantitative estimate of drug-likeness (QED) is 0.725. The molecule has 0 bridgehead atoms. The van der Waals surface area contributed by atoms with E-state index in [2.05, 4.69) is 10.2 Å². The molecule has 1 atom stereocenters. The summed E-state index contributed by atoms with van der Waals surface area (Å²) in [6, 6.07) is 4.72. The maximum absolute atomic E-state index is 12.0. The van der Waals surface area contributed by atoms with Crippen LogP contribution in [0.3, 0.4) is 0 Å². The number of rotatable bonds is 5. The average Bonchev–Trinajstić information content (AvgIpc) is 2.84. The molecule has 7 heteroatoms. The van der Waals surface area contributed by atoms with E-state index < -0.39 is 11.9 Å². The van der Waals surface area contributed by atoms with Crippen LogP contribution in [0.1, 0.15) is 29.2 Å². The molecule has 1 heterocycles. The standard InChI is InChI=1S/C15H18N2O5/c1-8-14(15(20)17-16-8)10(7-13(19)22-3)9-4-5-11(18)12(6-9)21-2/h4-6,10,18H,7H2,1-3H3,(H2,16,17,20)/t10-/m0/s1. The van der Waals surface area contributed by atoms with Crippen molar-refractivity contribution in [2.45, 2.75) is 19.3 Å². The molecule has 0 saturated carbocycles. The summed E-state index contributed by atoms with van der Waals surface area (Å²) >= 11 is 0. The lowest BCUT2D eigenvalue weighted by Crippen LogP contribution is -2.17. The first-order chi connectivity index (χ1) is 10.5. The lowest BCUT2D eigenvalue weighted by molar-refractivity contribution is -0.140. The number of hydrogen-bond donors (Lipinski definition) is 3. The van der Waals surface area contributed by atoms with Crippen molar-refractivity contribution in [3.8, 4) is 11.5 Å². The number of benzene rings is 1. The zero-order valence-corrected chi connectivity index (χ0v) is 12.6. The zero-order chi connectivity index (χ0) is 16.3. The Morgan fingerprint density at radius 2 is 2.05 bits per heavy atom. The van der Waals surface area contributed by atoms with Gasteiger partial charge in [-0.2, -0.15) is 0 Å². The molecule has 2 rings (SSSR count). The fourth-order valence-electron chi connectivity index (χ4n) is 2.42. The minimum Gasteiger partial charge on any atom is -0.504 e. The third-order valence-corrected chi connectivity index (χ3v) is 3.57. The summed E-state index contributed by atoms with van der Waals surface area (Å²) in [7, 11) is 2.73. The van der Waals surface area contributed by atoms with Gasteiger partial charge >= 0.3 is 5.97 Å². The van der Waals surface area contributed by atoms with Crippen molar-refractivity contribution in [2.24, 2.45) is 0 Å². The number of aromatic amines is 2. The Morgan fingerprint density at radius 3 is 2.59 bits per heavy atom. The summed E-state index contributed by atoms with van der Waals surface area (Å²) in [5.74, 6) is -0.672. The van der Waals surface area contributed by atoms with Crippen molar-refractivity contribution in [1.82, 2.24) is 10.2 Å². The number of phenolic OH excluding ortho intramolecular Hbond substituents is 1. The smallest absolute Gasteiger partial charge is 0.306 e. The van der Waals surface area contributed by atoms with Crippen molar-refractivity contribution in [1.29, 1.82) is 0 Å². The molecule has 1 aromatic heterocycles. The van der Waals surface area contributed by atoms with E-state index in [0.717, 1.165) is 0 Å². The number of esters is 1. The van der Waals surface area contributed by atoms with E-state index in [1.807, 2.05) is 0 Å². The normalized spacial score (nSPS) is 12.0. The van der Waals surface area contributed by atoms with Crippen LogP contribution in [0.15, 0.2) is 23.0 Å². The van der Waals surface area contributed by atoms with Crippen LogP contribution < -0.4 is 10.3 Å². The number of carbonyl (C=O) groups is 1. The van der Waals surface area contributed by atoms with E-state index >= 15 is 0 Å². The number of aromatic nitrogens is 2. The molecule has 0 aliphatic heterocycles. The number of carbonyl (C=O) groups excluding carboxylic acids is 1. The molecule has 1 aromatic carbocycles. The summed E-state index contributed by atoms with van der Waals surface area (Å²) in [5, 5.41) is 14.9. The molecule has 0 saturated heterocycles. The largest absolute Gasteiger partial charge is 0.504 e. The van der Waals surface area contributed by atoms with Crippen molar-refractivity contribution >= 4 is 5.97 Å². The van der Waals surface area contributed by atoms with Crippen LogP contribution in [0.4, 0.5) is 0 Å². The highest BCUT2D eigenvalue weighted by molar-refractivity contribution is 5.71. The maximum atomic E-state index is 12.0. The molecule has 22 heavy (non-hydrogen) atoms. The van der Waals surface area contributed by atoms with Crippen LogP contribution in [-0.4, -0.2) is 35.5 Å². The minimum absolute atomic E-state index is 0.00615. The van der Waals surface area contributed by atoms with E-state index in [9.17, 15) is 14.7 Å². The number of ether oxygens (including phenoxy) is 2. The second-order valence-electron chi connectivity index (χ2n) is 4.88. The Bertz CT molecular complexity index is 732. The summed E-state index contributed by atoms with van der Waals surface area (Å²) < 4.78 is 9.80. The zero-order valence-electron chi connectivity index (χ0n) is 12.6. The van der Waals surface area contributed by atoms with Gasteiger partial charge in [0.1, 0.15) is 0 Å². The van der Waals surface area contributed by atoms with Crippen molar-refractivity contribution < 1.29 is 19.4 Å². The second kappa shape index (κ2) is 6.38. The topological polar surface area (TPSA) is 104 Å². The number of aryl methyl sites for hydroxylation is 1. The molecular formula is C15H18N2O5. The fraction of sp³-hybridized carbons (Fsp3) is 0.333. The molecule has 0 unspecified atom stereocenters. The van der Waals surface area contributed by atoms with Gasteiger partial charge in [0.05, 0.1) is 20.6 Å². The van der Waals surface area contributed by atoms with Crippen molar-refractivity contribution in [2.75, 3.05) is 14.2 Å². The number of nitrogens with one attached hydrogen (secondary N) is 2. The molecule has 118 valence electrons. The molecular weight excluding hydrogens is 288 g/mol. The van der Waals surface area contributed by atoms with E-state index in [1.165, 1.54) is 20.3 Å². The fourth-order valence-corrected chi connectivity index (χ4v) is 2.42. The third kappa shape index (κ3) is 2.98. The lowest BCUT2D eigenvalue weighted by atomic mass is 9.88. The highest BCUT2D eigenvalue weighted by Gasteiger charge is 2.25. The van der Waals surface area contributed by atoms with E-state index in [1.54, 1.807) is 19.1 Å². The second-order valence-corrected chi connectivity index (χ2v) is 4.88. The SMILES string of the molecule is COC(=O)C[C@@H](c1ccc(O)c(OC)c1)c1c(C)[nH][nH]c1=O. The van der Waals surface area contributed by atoms with Crippen LogP contribution in [0, 0.1) is 6.92 Å². The van der Waals surface area contributed by atoms with Gasteiger partial charge in [0.2, 0.25) is 0 Å². The van der Waals surface area contributed by atoms with Crippen LogP contribution in [0.5, 0.6) is 11.5 Å². The molecule has 0 aliphatic carbocycles. The first-order valence-electron chi connectivity index (χ1n) is 6.68. The highest BCUT2D eigenvalue weighted by atomic mass is 16.5. The van der Waals surface area contributed by atoms with E-state index in [0.29, 0.717) is 16.8 Å². The van der Waals surface area contributed by atoms with Gasteiger partial charge in [-0.1, -0.05) is 6.07 Å². The molecule has 0 spiro atoms. The molecule has 0 radical (unpaired) electrons. The number of H-pyrrole nitrogens is 2. The molecule has 7 nitrogen and oxygen atoms in total. The first-order valence-corrected chi connectivity index (χ1v) is 6.68. The van der Waals surface area contributed by atoms with Gasteiger partial charge in [-0.25, -0.2) is 0 Å². The van der Waals surface area contributed by atoms with Crippen LogP contribution >= 0.6 is 0 Å². The van der Waals surface area contributed by atoms with Crippen molar-refractivity contribution in [3.63, 3.8) is 0 Å². The number of methoxy groups -OCH3 is 2. The third-order valence-electron chi connectivity index (χ3n) is 3.57. The lowest BCUT2D eigenvalue weighted by Gasteiger charge is -2.16. The van der Waals surface area contributed by atoms with Crippen LogP contribution in [0.25, 0.3) is 0 Å². The monoisotopic (exact) mass is 306 g/mol. The first kappa shape index (κ1) is 15.7. The average molecular weight is 306 g/mol. The molecule has 3 N–H and O–H groups in total. The van der Waals surface area contributed by atoms with E-state index in [4.69, 9.17) is 9.47 Å². The number of phenols is 1. The van der Waals surface area contributed by atoms with Gasteiger partial charge < -0.3 is 19.7 Å². The Morgan fingerprint density at radius 1 is 1.32 bits per heavy atom. The summed E-state index contributed by atoms with van der Waals surface area (Å²) in [6.07, 6.45) is 0.00615. The summed E-state index contributed by atoms with van der Waals surface area (Å²) in [5.41, 5.74) is 1.48. The van der Waals surface area contributed by atoms with Gasteiger partial charge in [0.15, 0.2) is 11.5 Å². The predicted octanol–water partition coefficient (Wildman–Crippen LogP) is 1.42. The van der Waals surface area contributed by atoms with Crippen molar-refractivity contribution in [3.05, 3.63) is 45.4 Å². The van der Waals surface area contributed by atoms with E-state index in [-0.39, 0.29) is 23.5 Å². The van der Waals surface area contributed by atoms with Gasteiger partial charge in [0, 0.05) is 17.2 Å². The molecule has 0 fully saturated rings. The molecule has 0 amide bonds. The van der Waals surface area contributed by atoms with Gasteiger partial charge in [-0.3, -0.25) is 14.7 Å². The number of hydrogen-bond acceptors (Lipinski definition) is 5. The van der Waals surface area contributed by atoms with Crippen LogP contribution in [0.2, 0.25) is 0 Å². The van der Waals surface area contributed by atoms with Gasteiger partial charge in [-0.05, 0) is 24.6 Å². The Hall–Kier alpha value is -2.70. The predicted molar refractivity (Wildman–Crippen MR) is 79.3 cm³/mol. The van der Waals surface area contributed by atoms with Crippen LogP contribution in [-0.2, 0) is 9.53 Å². The Labute approximate surface area is 126 Å². The Kier molecular flexibility index (Phi) is 4.55. The molecule has 0 aliphatic rings. The highest BCUT2D eigenvalue weighted by Crippen LogP contribution is 2.34. The summed E-state index contributed by atoms with van der Waals surface area (Å²) in [6.45, 7) is 1.75. The Balaban J connectivity index is 2.54.